The molecule has 19 heteroatoms. The Hall–Kier alpha value is -1.94. The highest BCUT2D eigenvalue weighted by molar-refractivity contribution is 7.47. The molecule has 0 fully saturated rings. The summed E-state index contributed by atoms with van der Waals surface area (Å²) in [5.41, 5.74) is 0. The highest BCUT2D eigenvalue weighted by Gasteiger charge is 2.30. The molecule has 0 aromatic rings. The van der Waals surface area contributed by atoms with Crippen molar-refractivity contribution in [3.05, 3.63) is 0 Å². The second kappa shape index (κ2) is 69.8. The monoisotopic (exact) mass is 1420 g/mol. The summed E-state index contributed by atoms with van der Waals surface area (Å²) in [5.74, 6) is -0.519. The first-order chi connectivity index (χ1) is 46.9. The van der Waals surface area contributed by atoms with Crippen LogP contribution in [0.3, 0.4) is 0 Å². The predicted octanol–water partition coefficient (Wildman–Crippen LogP) is 23.1. The summed E-state index contributed by atoms with van der Waals surface area (Å²) in [6.07, 6.45) is 58.1. The van der Waals surface area contributed by atoms with Crippen molar-refractivity contribution in [2.45, 2.75) is 426 Å². The lowest BCUT2D eigenvalue weighted by molar-refractivity contribution is -0.161. The maximum absolute atomic E-state index is 13.1. The topological polar surface area (TPSA) is 237 Å². The summed E-state index contributed by atoms with van der Waals surface area (Å²) >= 11 is 0. The molecule has 0 rings (SSSR count). The summed E-state index contributed by atoms with van der Waals surface area (Å²) in [6, 6.07) is 0. The molecule has 576 valence electrons. The number of carbonyl (C=O) groups is 4. The van der Waals surface area contributed by atoms with Gasteiger partial charge in [0.2, 0.25) is 0 Å². The number of phosphoric ester groups is 2. The first-order valence-electron chi connectivity index (χ1n) is 40.5. The van der Waals surface area contributed by atoms with Crippen molar-refractivity contribution in [2.24, 2.45) is 11.8 Å². The molecule has 0 aliphatic heterocycles. The van der Waals surface area contributed by atoms with E-state index in [0.717, 1.165) is 102 Å². The van der Waals surface area contributed by atoms with E-state index in [4.69, 9.17) is 37.0 Å². The second-order valence-electron chi connectivity index (χ2n) is 29.1. The lowest BCUT2D eigenvalue weighted by atomic mass is 10.0. The summed E-state index contributed by atoms with van der Waals surface area (Å²) in [6.45, 7) is 9.65. The van der Waals surface area contributed by atoms with E-state index in [-0.39, 0.29) is 25.7 Å². The predicted molar refractivity (Wildman–Crippen MR) is 395 cm³/mol. The van der Waals surface area contributed by atoms with Crippen LogP contribution in [0.15, 0.2) is 0 Å². The number of hydrogen-bond donors (Lipinski definition) is 3. The second-order valence-corrected chi connectivity index (χ2v) is 32.0. The van der Waals surface area contributed by atoms with Gasteiger partial charge in [-0.05, 0) is 37.5 Å². The number of rotatable bonds is 77. The molecule has 97 heavy (non-hydrogen) atoms. The molecule has 0 bridgehead atoms. The Labute approximate surface area is 594 Å². The number of unbranched alkanes of at least 4 members (excludes halogenated alkanes) is 47. The van der Waals surface area contributed by atoms with Gasteiger partial charge < -0.3 is 33.8 Å². The van der Waals surface area contributed by atoms with E-state index in [0.29, 0.717) is 25.7 Å². The van der Waals surface area contributed by atoms with E-state index in [1.807, 2.05) is 0 Å². The zero-order valence-corrected chi connectivity index (χ0v) is 65.2. The minimum absolute atomic E-state index is 0.108. The van der Waals surface area contributed by atoms with E-state index >= 15 is 0 Å². The van der Waals surface area contributed by atoms with E-state index in [9.17, 15) is 43.2 Å². The van der Waals surface area contributed by atoms with Gasteiger partial charge in [-0.2, -0.15) is 0 Å². The van der Waals surface area contributed by atoms with Gasteiger partial charge in [-0.15, -0.1) is 0 Å². The van der Waals surface area contributed by atoms with Gasteiger partial charge in [0.1, 0.15) is 19.3 Å². The Balaban J connectivity index is 5.24. The Morgan fingerprint density at radius 2 is 0.474 bits per heavy atom. The third kappa shape index (κ3) is 72.2. The van der Waals surface area contributed by atoms with E-state index in [1.165, 1.54) is 225 Å². The molecule has 0 aromatic carbocycles. The van der Waals surface area contributed by atoms with Crippen LogP contribution in [0.25, 0.3) is 0 Å². The molecule has 17 nitrogen and oxygen atoms in total. The fraction of sp³-hybridized carbons (Fsp3) is 0.949. The number of hydrogen-bond acceptors (Lipinski definition) is 15. The maximum atomic E-state index is 13.1. The first-order valence-corrected chi connectivity index (χ1v) is 43.5. The van der Waals surface area contributed by atoms with Crippen LogP contribution in [-0.4, -0.2) is 96.7 Å². The molecule has 5 atom stereocenters. The lowest BCUT2D eigenvalue weighted by Gasteiger charge is -2.21. The number of aliphatic hydroxyl groups is 1. The van der Waals surface area contributed by atoms with Gasteiger partial charge in [0.15, 0.2) is 12.2 Å². The van der Waals surface area contributed by atoms with E-state index < -0.39 is 97.5 Å². The van der Waals surface area contributed by atoms with Crippen LogP contribution in [0.2, 0.25) is 0 Å². The van der Waals surface area contributed by atoms with Gasteiger partial charge >= 0.3 is 39.5 Å². The summed E-state index contributed by atoms with van der Waals surface area (Å²) < 4.78 is 68.6. The number of phosphoric acid groups is 2. The Morgan fingerprint density at radius 1 is 0.278 bits per heavy atom. The average Bonchev–Trinajstić information content (AvgIpc) is 1.01. The van der Waals surface area contributed by atoms with Crippen LogP contribution in [-0.2, 0) is 65.4 Å². The van der Waals surface area contributed by atoms with Gasteiger partial charge in [-0.3, -0.25) is 37.3 Å². The first kappa shape index (κ1) is 95.1. The third-order valence-corrected chi connectivity index (χ3v) is 20.1. The molecular weight excluding hydrogens is 1270 g/mol. The van der Waals surface area contributed by atoms with Crippen LogP contribution >= 0.6 is 15.6 Å². The van der Waals surface area contributed by atoms with E-state index in [2.05, 4.69) is 41.5 Å². The minimum Gasteiger partial charge on any atom is -0.462 e. The minimum atomic E-state index is -4.96. The molecule has 0 radical (unpaired) electrons. The molecule has 0 aliphatic carbocycles. The van der Waals surface area contributed by atoms with Crippen molar-refractivity contribution in [3.63, 3.8) is 0 Å². The van der Waals surface area contributed by atoms with Crippen molar-refractivity contribution in [3.8, 4) is 0 Å². The molecule has 3 N–H and O–H groups in total. The fourth-order valence-electron chi connectivity index (χ4n) is 12.0. The van der Waals surface area contributed by atoms with E-state index in [1.54, 1.807) is 0 Å². The van der Waals surface area contributed by atoms with Crippen LogP contribution in [0.5, 0.6) is 0 Å². The van der Waals surface area contributed by atoms with Crippen molar-refractivity contribution in [1.82, 2.24) is 0 Å². The van der Waals surface area contributed by atoms with Crippen molar-refractivity contribution in [2.75, 3.05) is 39.6 Å². The normalized spacial score (nSPS) is 14.0. The molecule has 0 spiro atoms. The Bertz CT molecular complexity index is 1870. The summed E-state index contributed by atoms with van der Waals surface area (Å²) in [4.78, 5) is 72.9. The third-order valence-electron chi connectivity index (χ3n) is 18.2. The number of esters is 4. The molecular formula is C78H152O17P2. The van der Waals surface area contributed by atoms with Crippen LogP contribution in [0.4, 0.5) is 0 Å². The summed E-state index contributed by atoms with van der Waals surface area (Å²) in [5, 5.41) is 10.6. The fourth-order valence-corrected chi connectivity index (χ4v) is 13.6. The van der Waals surface area contributed by atoms with Crippen molar-refractivity contribution >= 4 is 39.5 Å². The number of aliphatic hydroxyl groups excluding tert-OH is 1. The summed E-state index contributed by atoms with van der Waals surface area (Å²) in [7, 11) is -9.91. The number of ether oxygens (including phenoxy) is 4. The quantitative estimate of drug-likeness (QED) is 0.0222. The lowest BCUT2D eigenvalue weighted by Crippen LogP contribution is -2.30. The van der Waals surface area contributed by atoms with Gasteiger partial charge in [-0.25, -0.2) is 9.13 Å². The van der Waals surface area contributed by atoms with Gasteiger partial charge in [0.25, 0.3) is 0 Å². The zero-order valence-electron chi connectivity index (χ0n) is 63.4. The molecule has 0 saturated carbocycles. The van der Waals surface area contributed by atoms with Gasteiger partial charge in [0.05, 0.1) is 26.4 Å². The number of carbonyl (C=O) groups excluding carboxylic acids is 4. The molecule has 0 heterocycles. The Kier molecular flexibility index (Phi) is 68.4. The SMILES string of the molecule is CCCCCCCCCCCCCCC(=O)O[C@H](COC(=O)CCCCCCCCCCCCC)COP(=O)(O)OC[C@H](O)COP(=O)(O)OC[C@@H](COC(=O)CCCCCCCCCCCCCCC(C)C)OC(=O)CCCCCCCCCCCCCCCCCCC(C)C. The molecule has 0 aliphatic rings. The molecule has 2 unspecified atom stereocenters. The van der Waals surface area contributed by atoms with Crippen LogP contribution in [0, 0.1) is 11.8 Å². The average molecular weight is 1420 g/mol. The van der Waals surface area contributed by atoms with Crippen LogP contribution in [0.1, 0.15) is 408 Å². The van der Waals surface area contributed by atoms with Crippen molar-refractivity contribution in [1.29, 1.82) is 0 Å². The highest BCUT2D eigenvalue weighted by Crippen LogP contribution is 2.45. The largest absolute Gasteiger partial charge is 0.472 e. The Morgan fingerprint density at radius 3 is 0.701 bits per heavy atom. The standard InChI is InChI=1S/C78H152O17P2/c1-7-9-11-13-15-17-19-31-38-44-50-56-62-77(82)94-73(66-88-75(80)60-54-48-42-36-28-18-16-14-12-10-8-2)68-92-96(84,85)90-64-72(79)65-91-97(86,87)93-69-74(67-89-76(81)61-55-49-43-37-32-27-26-30-35-41-47-53-59-71(5)6)95-78(83)63-57-51-45-39-33-25-23-21-20-22-24-29-34-40-46-52-58-70(3)4/h70-74,79H,7-69H2,1-6H3,(H,84,85)(H,86,87)/t72-,73+,74+/m0/s1. The smallest absolute Gasteiger partial charge is 0.462 e. The molecule has 0 aromatic heterocycles. The molecule has 0 amide bonds. The molecule has 0 saturated heterocycles. The van der Waals surface area contributed by atoms with Crippen LogP contribution < -0.4 is 0 Å². The maximum Gasteiger partial charge on any atom is 0.472 e. The highest BCUT2D eigenvalue weighted by atomic mass is 31.2. The van der Waals surface area contributed by atoms with Gasteiger partial charge in [-0.1, -0.05) is 356 Å². The van der Waals surface area contributed by atoms with Gasteiger partial charge in [0, 0.05) is 25.7 Å². The zero-order chi connectivity index (χ0) is 71.4. The van der Waals surface area contributed by atoms with Crippen molar-refractivity contribution < 1.29 is 80.2 Å².